The molecular formula is C12H16N4S2. The number of thioether (sulfide) groups is 1. The molecule has 2 rings (SSSR count). The van der Waals surface area contributed by atoms with Gasteiger partial charge in [-0.15, -0.1) is 33.3 Å². The summed E-state index contributed by atoms with van der Waals surface area (Å²) in [6.45, 7) is 2.99. The first-order chi connectivity index (χ1) is 8.81. The molecule has 0 aliphatic heterocycles. The molecule has 0 amide bonds. The predicted octanol–water partition coefficient (Wildman–Crippen LogP) is 2.87. The van der Waals surface area contributed by atoms with E-state index < -0.39 is 0 Å². The molecule has 2 aromatic rings. The molecule has 1 N–H and O–H groups in total. The van der Waals surface area contributed by atoms with E-state index in [1.54, 1.807) is 23.1 Å². The molecule has 6 heteroatoms. The fourth-order valence-corrected chi connectivity index (χ4v) is 2.64. The lowest BCUT2D eigenvalue weighted by molar-refractivity contribution is 0.909. The van der Waals surface area contributed by atoms with Crippen LogP contribution in [0.15, 0.2) is 23.4 Å². The SMILES string of the molecule is CCc1cnc(CCNc2ccc(SC)nn2)s1. The molecular weight excluding hydrogens is 264 g/mol. The fraction of sp³-hybridized carbons (Fsp3) is 0.417. The summed E-state index contributed by atoms with van der Waals surface area (Å²) in [5, 5.41) is 13.5. The minimum atomic E-state index is 0.820. The molecule has 0 bridgehead atoms. The van der Waals surface area contributed by atoms with Crippen molar-refractivity contribution in [3.8, 4) is 0 Å². The third kappa shape index (κ3) is 3.68. The van der Waals surface area contributed by atoms with Crippen molar-refractivity contribution in [3.05, 3.63) is 28.2 Å². The van der Waals surface area contributed by atoms with Crippen molar-refractivity contribution in [1.29, 1.82) is 0 Å². The third-order valence-corrected chi connectivity index (χ3v) is 4.28. The van der Waals surface area contributed by atoms with Gasteiger partial charge < -0.3 is 5.32 Å². The number of rotatable bonds is 6. The van der Waals surface area contributed by atoms with Gasteiger partial charge in [0, 0.05) is 24.0 Å². The van der Waals surface area contributed by atoms with Crippen LogP contribution >= 0.6 is 23.1 Å². The molecule has 0 radical (unpaired) electrons. The van der Waals surface area contributed by atoms with Crippen LogP contribution in [0.4, 0.5) is 5.82 Å². The molecule has 2 heterocycles. The number of anilines is 1. The quantitative estimate of drug-likeness (QED) is 0.825. The topological polar surface area (TPSA) is 50.7 Å². The fourth-order valence-electron chi connectivity index (χ4n) is 1.45. The monoisotopic (exact) mass is 280 g/mol. The van der Waals surface area contributed by atoms with Crippen molar-refractivity contribution in [1.82, 2.24) is 15.2 Å². The highest BCUT2D eigenvalue weighted by Gasteiger charge is 2.01. The second-order valence-corrected chi connectivity index (χ2v) is 5.74. The molecule has 0 atom stereocenters. The first kappa shape index (κ1) is 13.3. The van der Waals surface area contributed by atoms with E-state index in [-0.39, 0.29) is 0 Å². The predicted molar refractivity (Wildman–Crippen MR) is 77.5 cm³/mol. The first-order valence-electron chi connectivity index (χ1n) is 5.87. The Bertz CT molecular complexity index is 481. The molecule has 0 aliphatic carbocycles. The number of aryl methyl sites for hydroxylation is 1. The number of hydrogen-bond acceptors (Lipinski definition) is 6. The van der Waals surface area contributed by atoms with Gasteiger partial charge in [0.2, 0.25) is 0 Å². The van der Waals surface area contributed by atoms with Crippen LogP contribution in [-0.4, -0.2) is 28.0 Å². The van der Waals surface area contributed by atoms with E-state index in [1.807, 2.05) is 24.6 Å². The van der Waals surface area contributed by atoms with Crippen LogP contribution in [0.2, 0.25) is 0 Å². The maximum absolute atomic E-state index is 4.38. The molecule has 0 saturated heterocycles. The Morgan fingerprint density at radius 2 is 2.22 bits per heavy atom. The summed E-state index contributed by atoms with van der Waals surface area (Å²) in [7, 11) is 0. The zero-order valence-corrected chi connectivity index (χ0v) is 12.1. The van der Waals surface area contributed by atoms with Crippen LogP contribution in [0.5, 0.6) is 0 Å². The van der Waals surface area contributed by atoms with Crippen LogP contribution in [0.1, 0.15) is 16.8 Å². The Kier molecular flexibility index (Phi) is 4.95. The maximum Gasteiger partial charge on any atom is 0.148 e. The average molecular weight is 280 g/mol. The second kappa shape index (κ2) is 6.70. The molecule has 4 nitrogen and oxygen atoms in total. The molecule has 96 valence electrons. The Balaban J connectivity index is 1.80. The zero-order valence-electron chi connectivity index (χ0n) is 10.5. The number of nitrogens with one attached hydrogen (secondary N) is 1. The lowest BCUT2D eigenvalue weighted by Crippen LogP contribution is -2.06. The van der Waals surface area contributed by atoms with Crippen LogP contribution in [-0.2, 0) is 12.8 Å². The molecule has 0 spiro atoms. The van der Waals surface area contributed by atoms with Gasteiger partial charge in [-0.25, -0.2) is 4.98 Å². The van der Waals surface area contributed by atoms with Crippen molar-refractivity contribution in [2.75, 3.05) is 18.1 Å². The normalized spacial score (nSPS) is 10.6. The summed E-state index contributed by atoms with van der Waals surface area (Å²) in [5.41, 5.74) is 0. The van der Waals surface area contributed by atoms with Gasteiger partial charge in [-0.2, -0.15) is 0 Å². The van der Waals surface area contributed by atoms with Gasteiger partial charge in [-0.05, 0) is 24.8 Å². The first-order valence-corrected chi connectivity index (χ1v) is 7.91. The Morgan fingerprint density at radius 3 is 2.83 bits per heavy atom. The summed E-state index contributed by atoms with van der Waals surface area (Å²) >= 11 is 3.38. The molecule has 18 heavy (non-hydrogen) atoms. The van der Waals surface area contributed by atoms with Crippen LogP contribution in [0.25, 0.3) is 0 Å². The van der Waals surface area contributed by atoms with Crippen molar-refractivity contribution < 1.29 is 0 Å². The van der Waals surface area contributed by atoms with Crippen LogP contribution < -0.4 is 5.32 Å². The van der Waals surface area contributed by atoms with Crippen LogP contribution in [0.3, 0.4) is 0 Å². The highest BCUT2D eigenvalue weighted by molar-refractivity contribution is 7.98. The van der Waals surface area contributed by atoms with Crippen molar-refractivity contribution >= 4 is 28.9 Å². The molecule has 2 aromatic heterocycles. The summed E-state index contributed by atoms with van der Waals surface area (Å²) in [6, 6.07) is 3.93. The summed E-state index contributed by atoms with van der Waals surface area (Å²) in [5.74, 6) is 0.820. The number of nitrogens with zero attached hydrogens (tertiary/aromatic N) is 3. The number of aromatic nitrogens is 3. The van der Waals surface area contributed by atoms with E-state index in [4.69, 9.17) is 0 Å². The minimum absolute atomic E-state index is 0.820. The Morgan fingerprint density at radius 1 is 1.33 bits per heavy atom. The van der Waals surface area contributed by atoms with E-state index in [9.17, 15) is 0 Å². The summed E-state index contributed by atoms with van der Waals surface area (Å²) in [6.07, 6.45) is 5.95. The molecule has 0 unspecified atom stereocenters. The van der Waals surface area contributed by atoms with Crippen molar-refractivity contribution in [2.45, 2.75) is 24.8 Å². The minimum Gasteiger partial charge on any atom is -0.368 e. The van der Waals surface area contributed by atoms with Gasteiger partial charge in [0.05, 0.1) is 5.01 Å². The highest BCUT2D eigenvalue weighted by Crippen LogP contribution is 2.14. The third-order valence-electron chi connectivity index (χ3n) is 2.44. The summed E-state index contributed by atoms with van der Waals surface area (Å²) < 4.78 is 0. The standard InChI is InChI=1S/C12H16N4S2/c1-3-9-8-14-11(18-9)6-7-13-10-4-5-12(17-2)16-15-10/h4-5,8H,3,6-7H2,1-2H3,(H,13,15). The molecule has 0 fully saturated rings. The van der Waals surface area contributed by atoms with Gasteiger partial charge in [-0.1, -0.05) is 6.92 Å². The molecule has 0 aliphatic rings. The smallest absolute Gasteiger partial charge is 0.148 e. The van der Waals surface area contributed by atoms with Gasteiger partial charge in [0.1, 0.15) is 10.8 Å². The highest BCUT2D eigenvalue weighted by atomic mass is 32.2. The molecule has 0 aromatic carbocycles. The average Bonchev–Trinajstić information content (AvgIpc) is 2.87. The van der Waals surface area contributed by atoms with Crippen LogP contribution in [0, 0.1) is 0 Å². The van der Waals surface area contributed by atoms with Gasteiger partial charge in [-0.3, -0.25) is 0 Å². The Labute approximate surface area is 115 Å². The van der Waals surface area contributed by atoms with E-state index >= 15 is 0 Å². The van der Waals surface area contributed by atoms with Crippen molar-refractivity contribution in [2.24, 2.45) is 0 Å². The second-order valence-electron chi connectivity index (χ2n) is 3.71. The van der Waals surface area contributed by atoms with Gasteiger partial charge >= 0.3 is 0 Å². The summed E-state index contributed by atoms with van der Waals surface area (Å²) in [4.78, 5) is 5.73. The maximum atomic E-state index is 4.38. The molecule has 0 saturated carbocycles. The van der Waals surface area contributed by atoms with Crippen molar-refractivity contribution in [3.63, 3.8) is 0 Å². The lowest BCUT2D eigenvalue weighted by Gasteiger charge is -2.03. The largest absolute Gasteiger partial charge is 0.368 e. The van der Waals surface area contributed by atoms with Gasteiger partial charge in [0.25, 0.3) is 0 Å². The zero-order chi connectivity index (χ0) is 12.8. The van der Waals surface area contributed by atoms with E-state index in [1.165, 1.54) is 9.88 Å². The van der Waals surface area contributed by atoms with E-state index in [0.717, 1.165) is 30.2 Å². The lowest BCUT2D eigenvalue weighted by atomic mass is 10.4. The van der Waals surface area contributed by atoms with E-state index in [0.29, 0.717) is 0 Å². The number of thiazole rings is 1. The Hall–Kier alpha value is -1.14. The van der Waals surface area contributed by atoms with E-state index in [2.05, 4.69) is 27.4 Å². The number of hydrogen-bond donors (Lipinski definition) is 1. The van der Waals surface area contributed by atoms with Gasteiger partial charge in [0.15, 0.2) is 0 Å².